The molecule has 1 atom stereocenters. The van der Waals surface area contributed by atoms with Crippen molar-refractivity contribution in [1.82, 2.24) is 4.98 Å². The third-order valence-electron chi connectivity index (χ3n) is 6.61. The van der Waals surface area contributed by atoms with E-state index < -0.39 is 6.17 Å². The van der Waals surface area contributed by atoms with Crippen LogP contribution in [0.15, 0.2) is 42.6 Å². The molecular formula is C31H48FNO. The zero-order valence-corrected chi connectivity index (χ0v) is 21.9. The van der Waals surface area contributed by atoms with Gasteiger partial charge in [-0.3, -0.25) is 4.98 Å². The lowest BCUT2D eigenvalue weighted by Gasteiger charge is -2.11. The quantitative estimate of drug-likeness (QED) is 0.180. The summed E-state index contributed by atoms with van der Waals surface area (Å²) in [5.41, 5.74) is 3.43. The Bertz CT molecular complexity index is 728. The summed E-state index contributed by atoms with van der Waals surface area (Å²) < 4.78 is 19.7. The summed E-state index contributed by atoms with van der Waals surface area (Å²) in [5.74, 6) is 0.640. The van der Waals surface area contributed by atoms with E-state index in [2.05, 4.69) is 43.1 Å². The van der Waals surface area contributed by atoms with Crippen molar-refractivity contribution in [2.75, 3.05) is 6.61 Å². The van der Waals surface area contributed by atoms with E-state index in [1.807, 2.05) is 12.1 Å². The second kappa shape index (κ2) is 18.4. The van der Waals surface area contributed by atoms with Crippen molar-refractivity contribution in [2.24, 2.45) is 0 Å². The molecule has 1 unspecified atom stereocenters. The highest BCUT2D eigenvalue weighted by atomic mass is 19.1. The molecule has 0 N–H and O–H groups in total. The number of ether oxygens (including phenoxy) is 1. The van der Waals surface area contributed by atoms with Crippen LogP contribution >= 0.6 is 0 Å². The molecule has 1 aromatic heterocycles. The fraction of sp³-hybridized carbons (Fsp3) is 0.645. The van der Waals surface area contributed by atoms with Gasteiger partial charge < -0.3 is 4.74 Å². The van der Waals surface area contributed by atoms with Crippen molar-refractivity contribution in [1.29, 1.82) is 0 Å². The van der Waals surface area contributed by atoms with E-state index in [-0.39, 0.29) is 6.61 Å². The van der Waals surface area contributed by atoms with Crippen molar-refractivity contribution in [3.63, 3.8) is 0 Å². The molecule has 0 aliphatic rings. The Morgan fingerprint density at radius 1 is 0.706 bits per heavy atom. The number of halogens is 1. The van der Waals surface area contributed by atoms with Crippen LogP contribution in [0.1, 0.15) is 116 Å². The number of rotatable bonds is 20. The van der Waals surface area contributed by atoms with E-state index in [9.17, 15) is 4.39 Å². The number of hydrogen-bond donors (Lipinski definition) is 0. The Morgan fingerprint density at radius 3 is 1.88 bits per heavy atom. The minimum Gasteiger partial charge on any atom is -0.489 e. The molecule has 0 saturated carbocycles. The highest BCUT2D eigenvalue weighted by molar-refractivity contribution is 5.59. The number of unbranched alkanes of at least 4 members (excludes halogenated alkanes) is 12. The molecule has 2 rings (SSSR count). The third kappa shape index (κ3) is 12.5. The lowest BCUT2D eigenvalue weighted by atomic mass is 10.0. The average molecular weight is 470 g/mol. The zero-order valence-electron chi connectivity index (χ0n) is 21.9. The van der Waals surface area contributed by atoms with Gasteiger partial charge in [-0.25, -0.2) is 4.39 Å². The molecule has 0 aliphatic heterocycles. The number of hydrogen-bond acceptors (Lipinski definition) is 2. The van der Waals surface area contributed by atoms with E-state index in [1.54, 1.807) is 6.20 Å². The normalized spacial score (nSPS) is 12.1. The second-order valence-corrected chi connectivity index (χ2v) is 9.77. The average Bonchev–Trinajstić information content (AvgIpc) is 2.87. The Kier molecular flexibility index (Phi) is 15.4. The van der Waals surface area contributed by atoms with Crippen LogP contribution in [-0.2, 0) is 6.42 Å². The maximum Gasteiger partial charge on any atom is 0.137 e. The van der Waals surface area contributed by atoms with Gasteiger partial charge in [-0.15, -0.1) is 0 Å². The van der Waals surface area contributed by atoms with Gasteiger partial charge in [-0.2, -0.15) is 0 Å². The SMILES string of the molecule is CCCCCCCCCCc1ccc(-c2ccc(OCC(F)CCCCCCCC)cn2)cc1. The van der Waals surface area contributed by atoms with Gasteiger partial charge in [0.2, 0.25) is 0 Å². The molecule has 34 heavy (non-hydrogen) atoms. The molecule has 1 aromatic carbocycles. The molecule has 0 saturated heterocycles. The third-order valence-corrected chi connectivity index (χ3v) is 6.61. The maximum absolute atomic E-state index is 14.1. The van der Waals surface area contributed by atoms with Gasteiger partial charge in [0.1, 0.15) is 18.5 Å². The molecular weight excluding hydrogens is 421 g/mol. The van der Waals surface area contributed by atoms with Crippen LogP contribution < -0.4 is 4.74 Å². The molecule has 0 spiro atoms. The molecule has 3 heteroatoms. The van der Waals surface area contributed by atoms with Crippen LogP contribution in [0.3, 0.4) is 0 Å². The van der Waals surface area contributed by atoms with Crippen molar-refractivity contribution in [2.45, 2.75) is 123 Å². The first kappa shape index (κ1) is 28.3. The summed E-state index contributed by atoms with van der Waals surface area (Å²) >= 11 is 0. The summed E-state index contributed by atoms with van der Waals surface area (Å²) in [4.78, 5) is 4.53. The van der Waals surface area contributed by atoms with Gasteiger partial charge in [0.15, 0.2) is 0 Å². The van der Waals surface area contributed by atoms with Crippen molar-refractivity contribution in [3.05, 3.63) is 48.2 Å². The number of alkyl halides is 1. The Morgan fingerprint density at radius 2 is 1.29 bits per heavy atom. The van der Waals surface area contributed by atoms with Gasteiger partial charge >= 0.3 is 0 Å². The lowest BCUT2D eigenvalue weighted by molar-refractivity contribution is 0.183. The molecule has 0 radical (unpaired) electrons. The van der Waals surface area contributed by atoms with Gasteiger partial charge in [-0.05, 0) is 37.0 Å². The summed E-state index contributed by atoms with van der Waals surface area (Å²) in [6.07, 6.45) is 20.5. The van der Waals surface area contributed by atoms with E-state index in [0.717, 1.165) is 30.5 Å². The van der Waals surface area contributed by atoms with Crippen molar-refractivity contribution >= 4 is 0 Å². The molecule has 190 valence electrons. The van der Waals surface area contributed by atoms with E-state index in [4.69, 9.17) is 4.74 Å². The molecule has 0 bridgehead atoms. The standard InChI is InChI=1S/C31H48FNO/c1-3-5-7-9-11-12-13-15-17-27-19-21-28(22-20-27)31-24-23-30(25-33-31)34-26-29(32)18-16-14-10-8-6-4-2/h19-25,29H,3-18,26H2,1-2H3. The Labute approximate surface area is 208 Å². The molecule has 0 amide bonds. The smallest absolute Gasteiger partial charge is 0.137 e. The van der Waals surface area contributed by atoms with Crippen LogP contribution in [0, 0.1) is 0 Å². The van der Waals surface area contributed by atoms with Gasteiger partial charge in [0.25, 0.3) is 0 Å². The minimum atomic E-state index is -0.903. The van der Waals surface area contributed by atoms with E-state index in [1.165, 1.54) is 82.6 Å². The molecule has 0 aliphatic carbocycles. The van der Waals surface area contributed by atoms with Crippen LogP contribution in [-0.4, -0.2) is 17.8 Å². The number of aromatic nitrogens is 1. The highest BCUT2D eigenvalue weighted by Crippen LogP contribution is 2.21. The molecule has 2 nitrogen and oxygen atoms in total. The van der Waals surface area contributed by atoms with Crippen molar-refractivity contribution in [3.8, 4) is 17.0 Å². The van der Waals surface area contributed by atoms with E-state index >= 15 is 0 Å². The summed E-state index contributed by atoms with van der Waals surface area (Å²) in [7, 11) is 0. The summed E-state index contributed by atoms with van der Waals surface area (Å²) in [6.45, 7) is 4.60. The second-order valence-electron chi connectivity index (χ2n) is 9.77. The largest absolute Gasteiger partial charge is 0.489 e. The number of aryl methyl sites for hydroxylation is 1. The van der Waals surface area contributed by atoms with Gasteiger partial charge in [-0.1, -0.05) is 122 Å². The summed E-state index contributed by atoms with van der Waals surface area (Å²) in [5, 5.41) is 0. The topological polar surface area (TPSA) is 22.1 Å². The van der Waals surface area contributed by atoms with Gasteiger partial charge in [0.05, 0.1) is 11.9 Å². The monoisotopic (exact) mass is 469 g/mol. The van der Waals surface area contributed by atoms with Gasteiger partial charge in [0, 0.05) is 5.56 Å². The molecule has 0 fully saturated rings. The molecule has 2 aromatic rings. The number of nitrogens with zero attached hydrogens (tertiary/aromatic N) is 1. The fourth-order valence-corrected chi connectivity index (χ4v) is 4.36. The Balaban J connectivity index is 1.63. The number of pyridine rings is 1. The zero-order chi connectivity index (χ0) is 24.3. The highest BCUT2D eigenvalue weighted by Gasteiger charge is 2.08. The van der Waals surface area contributed by atoms with Crippen LogP contribution in [0.5, 0.6) is 5.75 Å². The predicted octanol–water partition coefficient (Wildman–Crippen LogP) is 9.90. The Hall–Kier alpha value is -1.90. The summed E-state index contributed by atoms with van der Waals surface area (Å²) in [6, 6.07) is 12.6. The first-order valence-electron chi connectivity index (χ1n) is 14.0. The molecule has 1 heterocycles. The minimum absolute atomic E-state index is 0.115. The first-order valence-corrected chi connectivity index (χ1v) is 14.0. The maximum atomic E-state index is 14.1. The predicted molar refractivity (Wildman–Crippen MR) is 144 cm³/mol. The van der Waals surface area contributed by atoms with Crippen LogP contribution in [0.25, 0.3) is 11.3 Å². The lowest BCUT2D eigenvalue weighted by Crippen LogP contribution is -2.12. The fourth-order valence-electron chi connectivity index (χ4n) is 4.36. The van der Waals surface area contributed by atoms with Crippen LogP contribution in [0.4, 0.5) is 4.39 Å². The van der Waals surface area contributed by atoms with Crippen molar-refractivity contribution < 1.29 is 9.13 Å². The first-order chi connectivity index (χ1) is 16.7. The number of benzene rings is 1. The van der Waals surface area contributed by atoms with E-state index in [0.29, 0.717) is 12.2 Å². The van der Waals surface area contributed by atoms with Crippen LogP contribution in [0.2, 0.25) is 0 Å².